The molecule has 0 unspecified atom stereocenters. The Morgan fingerprint density at radius 1 is 1.00 bits per heavy atom. The van der Waals surface area contributed by atoms with Crippen LogP contribution in [0.2, 0.25) is 0 Å². The van der Waals surface area contributed by atoms with Gasteiger partial charge in [-0.2, -0.15) is 0 Å². The van der Waals surface area contributed by atoms with Crippen LogP contribution in [-0.2, 0) is 16.0 Å². The van der Waals surface area contributed by atoms with Crippen LogP contribution in [-0.4, -0.2) is 12.6 Å². The quantitative estimate of drug-likeness (QED) is 0.768. The van der Waals surface area contributed by atoms with Gasteiger partial charge in [0.05, 0.1) is 0 Å². The standard InChI is InChI=1S/C18H18O2/c1-15(19)20-14-18(12-16-8-4-2-5-9-16)13-17-10-6-3-7-11-17/h2-12H,13-14H2,1H3. The minimum absolute atomic E-state index is 0.253. The summed E-state index contributed by atoms with van der Waals surface area (Å²) >= 11 is 0. The topological polar surface area (TPSA) is 26.3 Å². The van der Waals surface area contributed by atoms with E-state index < -0.39 is 0 Å². The lowest BCUT2D eigenvalue weighted by Crippen LogP contribution is -2.05. The third kappa shape index (κ3) is 4.73. The highest BCUT2D eigenvalue weighted by Gasteiger charge is 2.03. The maximum Gasteiger partial charge on any atom is 0.302 e. The van der Waals surface area contributed by atoms with Crippen molar-refractivity contribution in [1.82, 2.24) is 0 Å². The number of carbonyl (C=O) groups is 1. The summed E-state index contributed by atoms with van der Waals surface area (Å²) in [5.41, 5.74) is 3.41. The van der Waals surface area contributed by atoms with Gasteiger partial charge in [-0.25, -0.2) is 0 Å². The second kappa shape index (κ2) is 7.29. The van der Waals surface area contributed by atoms with Crippen LogP contribution in [0.1, 0.15) is 18.1 Å². The van der Waals surface area contributed by atoms with Crippen molar-refractivity contribution >= 4 is 12.0 Å². The summed E-state index contributed by atoms with van der Waals surface area (Å²) in [5, 5.41) is 0. The van der Waals surface area contributed by atoms with Gasteiger partial charge in [0.15, 0.2) is 0 Å². The van der Waals surface area contributed by atoms with Crippen molar-refractivity contribution < 1.29 is 9.53 Å². The molecule has 0 atom stereocenters. The molecule has 0 aliphatic rings. The average molecular weight is 266 g/mol. The molecule has 2 aromatic carbocycles. The van der Waals surface area contributed by atoms with Crippen LogP contribution < -0.4 is 0 Å². The minimum atomic E-state index is -0.253. The Morgan fingerprint density at radius 2 is 1.60 bits per heavy atom. The van der Waals surface area contributed by atoms with Gasteiger partial charge < -0.3 is 4.74 Å². The molecule has 0 bridgehead atoms. The molecular formula is C18H18O2. The lowest BCUT2D eigenvalue weighted by molar-refractivity contribution is -0.139. The summed E-state index contributed by atoms with van der Waals surface area (Å²) in [6.07, 6.45) is 2.86. The van der Waals surface area contributed by atoms with Gasteiger partial charge in [0, 0.05) is 6.92 Å². The molecule has 0 heterocycles. The first-order chi connectivity index (χ1) is 9.74. The van der Waals surface area contributed by atoms with Crippen molar-refractivity contribution in [3.63, 3.8) is 0 Å². The van der Waals surface area contributed by atoms with Crippen molar-refractivity contribution in [2.75, 3.05) is 6.61 Å². The average Bonchev–Trinajstić information content (AvgIpc) is 2.47. The van der Waals surface area contributed by atoms with Crippen molar-refractivity contribution in [1.29, 1.82) is 0 Å². The molecule has 0 N–H and O–H groups in total. The zero-order valence-corrected chi connectivity index (χ0v) is 11.6. The summed E-state index contributed by atoms with van der Waals surface area (Å²) in [6.45, 7) is 1.77. The van der Waals surface area contributed by atoms with Crippen molar-refractivity contribution in [2.45, 2.75) is 13.3 Å². The molecule has 0 amide bonds. The second-order valence-corrected chi connectivity index (χ2v) is 4.66. The summed E-state index contributed by atoms with van der Waals surface area (Å²) in [5.74, 6) is -0.253. The fraction of sp³-hybridized carbons (Fsp3) is 0.167. The van der Waals surface area contributed by atoms with Crippen LogP contribution >= 0.6 is 0 Å². The molecule has 2 aromatic rings. The van der Waals surface area contributed by atoms with Gasteiger partial charge in [-0.15, -0.1) is 0 Å². The largest absolute Gasteiger partial charge is 0.461 e. The predicted octanol–water partition coefficient (Wildman–Crippen LogP) is 3.88. The SMILES string of the molecule is CC(=O)OCC(=Cc1ccccc1)Cc1ccccc1. The Kier molecular flexibility index (Phi) is 5.13. The number of hydrogen-bond donors (Lipinski definition) is 0. The highest BCUT2D eigenvalue weighted by Crippen LogP contribution is 2.13. The van der Waals surface area contributed by atoms with E-state index in [1.165, 1.54) is 12.5 Å². The predicted molar refractivity (Wildman–Crippen MR) is 81.2 cm³/mol. The van der Waals surface area contributed by atoms with Gasteiger partial charge >= 0.3 is 5.97 Å². The van der Waals surface area contributed by atoms with Crippen LogP contribution in [0.5, 0.6) is 0 Å². The van der Waals surface area contributed by atoms with Gasteiger partial charge in [0.2, 0.25) is 0 Å². The molecule has 2 nitrogen and oxygen atoms in total. The van der Waals surface area contributed by atoms with Crippen molar-refractivity contribution in [3.05, 3.63) is 77.4 Å². The first kappa shape index (κ1) is 14.1. The smallest absolute Gasteiger partial charge is 0.302 e. The molecular weight excluding hydrogens is 248 g/mol. The Morgan fingerprint density at radius 3 is 2.20 bits per heavy atom. The third-order valence-corrected chi connectivity index (χ3v) is 2.91. The van der Waals surface area contributed by atoms with Crippen LogP contribution in [0, 0.1) is 0 Å². The number of hydrogen-bond acceptors (Lipinski definition) is 2. The van der Waals surface area contributed by atoms with Crippen molar-refractivity contribution in [2.24, 2.45) is 0 Å². The van der Waals surface area contributed by atoms with Crippen LogP contribution in [0.4, 0.5) is 0 Å². The molecule has 0 saturated carbocycles. The number of benzene rings is 2. The summed E-state index contributed by atoms with van der Waals surface area (Å²) in [6, 6.07) is 20.2. The van der Waals surface area contributed by atoms with E-state index in [2.05, 4.69) is 18.2 Å². The molecule has 2 heteroatoms. The van der Waals surface area contributed by atoms with Gasteiger partial charge in [0.1, 0.15) is 6.61 Å². The van der Waals surface area contributed by atoms with Crippen LogP contribution in [0.15, 0.2) is 66.2 Å². The van der Waals surface area contributed by atoms with E-state index in [-0.39, 0.29) is 5.97 Å². The highest BCUT2D eigenvalue weighted by atomic mass is 16.5. The first-order valence-electron chi connectivity index (χ1n) is 6.66. The van der Waals surface area contributed by atoms with E-state index in [0.29, 0.717) is 6.61 Å². The minimum Gasteiger partial charge on any atom is -0.461 e. The summed E-state index contributed by atoms with van der Waals surface area (Å²) in [7, 11) is 0. The highest BCUT2D eigenvalue weighted by molar-refractivity contribution is 5.66. The Balaban J connectivity index is 2.16. The number of ether oxygens (including phenoxy) is 1. The van der Waals surface area contributed by atoms with E-state index >= 15 is 0 Å². The second-order valence-electron chi connectivity index (χ2n) is 4.66. The number of esters is 1. The van der Waals surface area contributed by atoms with Gasteiger partial charge in [0.25, 0.3) is 0 Å². The lowest BCUT2D eigenvalue weighted by atomic mass is 10.0. The maximum atomic E-state index is 11.0. The summed E-state index contributed by atoms with van der Waals surface area (Å²) in [4.78, 5) is 11.0. The third-order valence-electron chi connectivity index (χ3n) is 2.91. The fourth-order valence-electron chi connectivity index (χ4n) is 1.98. The van der Waals surface area contributed by atoms with Gasteiger partial charge in [-0.05, 0) is 23.1 Å². The van der Waals surface area contributed by atoms with E-state index in [9.17, 15) is 4.79 Å². The van der Waals surface area contributed by atoms with E-state index in [1.54, 1.807) is 0 Å². The Hall–Kier alpha value is -2.35. The maximum absolute atomic E-state index is 11.0. The fourth-order valence-corrected chi connectivity index (χ4v) is 1.98. The zero-order chi connectivity index (χ0) is 14.2. The van der Waals surface area contributed by atoms with E-state index in [0.717, 1.165) is 17.6 Å². The molecule has 0 spiro atoms. The molecule has 102 valence electrons. The lowest BCUT2D eigenvalue weighted by Gasteiger charge is -2.08. The molecule has 0 aliphatic heterocycles. The molecule has 0 saturated heterocycles. The zero-order valence-electron chi connectivity index (χ0n) is 11.6. The van der Waals surface area contributed by atoms with E-state index in [4.69, 9.17) is 4.74 Å². The Labute approximate surface area is 119 Å². The van der Waals surface area contributed by atoms with Gasteiger partial charge in [-0.3, -0.25) is 4.79 Å². The molecule has 0 aromatic heterocycles. The molecule has 0 aliphatic carbocycles. The van der Waals surface area contributed by atoms with Gasteiger partial charge in [-0.1, -0.05) is 66.7 Å². The number of rotatable bonds is 5. The number of carbonyl (C=O) groups excluding carboxylic acids is 1. The monoisotopic (exact) mass is 266 g/mol. The molecule has 0 fully saturated rings. The molecule has 20 heavy (non-hydrogen) atoms. The van der Waals surface area contributed by atoms with E-state index in [1.807, 2.05) is 48.5 Å². The van der Waals surface area contributed by atoms with Crippen LogP contribution in [0.3, 0.4) is 0 Å². The molecule has 2 rings (SSSR count). The van der Waals surface area contributed by atoms with Crippen LogP contribution in [0.25, 0.3) is 6.08 Å². The normalized spacial score (nSPS) is 11.2. The molecule has 0 radical (unpaired) electrons. The summed E-state index contributed by atoms with van der Waals surface area (Å²) < 4.78 is 5.14. The van der Waals surface area contributed by atoms with Crippen molar-refractivity contribution in [3.8, 4) is 0 Å². The Bertz CT molecular complexity index is 571. The first-order valence-corrected chi connectivity index (χ1v) is 6.66.